The lowest BCUT2D eigenvalue weighted by atomic mass is 10.0. The lowest BCUT2D eigenvalue weighted by Gasteiger charge is -2.20. The average Bonchev–Trinajstić information content (AvgIpc) is 2.48. The van der Waals surface area contributed by atoms with E-state index in [-0.39, 0.29) is 18.4 Å². The molecule has 0 spiro atoms. The minimum absolute atomic E-state index is 0. The SMILES string of the molecule is C[C@H](NCCc1ccccc1)[C@H](O)c1ccccc1.Cl. The van der Waals surface area contributed by atoms with Crippen LogP contribution in [0.2, 0.25) is 0 Å². The van der Waals surface area contributed by atoms with Gasteiger partial charge in [-0.25, -0.2) is 0 Å². The highest BCUT2D eigenvalue weighted by Gasteiger charge is 2.14. The lowest BCUT2D eigenvalue weighted by Crippen LogP contribution is -2.33. The van der Waals surface area contributed by atoms with Crippen molar-refractivity contribution >= 4 is 12.4 Å². The van der Waals surface area contributed by atoms with E-state index in [4.69, 9.17) is 0 Å². The average molecular weight is 292 g/mol. The molecule has 0 unspecified atom stereocenters. The van der Waals surface area contributed by atoms with Gasteiger partial charge < -0.3 is 10.4 Å². The van der Waals surface area contributed by atoms with Crippen LogP contribution in [-0.2, 0) is 6.42 Å². The number of aliphatic hydroxyl groups excluding tert-OH is 1. The second-order valence-electron chi connectivity index (χ2n) is 4.83. The van der Waals surface area contributed by atoms with Crippen LogP contribution in [0, 0.1) is 0 Å². The van der Waals surface area contributed by atoms with E-state index in [1.54, 1.807) is 0 Å². The maximum absolute atomic E-state index is 10.2. The number of aliphatic hydroxyl groups is 1. The molecule has 2 aromatic carbocycles. The maximum Gasteiger partial charge on any atom is 0.0940 e. The first-order chi connectivity index (χ1) is 9.27. The molecule has 0 saturated heterocycles. The summed E-state index contributed by atoms with van der Waals surface area (Å²) < 4.78 is 0. The van der Waals surface area contributed by atoms with Gasteiger partial charge in [-0.1, -0.05) is 60.7 Å². The Bertz CT molecular complexity index is 475. The van der Waals surface area contributed by atoms with Gasteiger partial charge in [0.1, 0.15) is 0 Å². The van der Waals surface area contributed by atoms with Gasteiger partial charge in [-0.2, -0.15) is 0 Å². The van der Waals surface area contributed by atoms with Gasteiger partial charge in [0.25, 0.3) is 0 Å². The van der Waals surface area contributed by atoms with Crippen molar-refractivity contribution in [3.8, 4) is 0 Å². The summed E-state index contributed by atoms with van der Waals surface area (Å²) in [4.78, 5) is 0. The van der Waals surface area contributed by atoms with E-state index in [9.17, 15) is 5.11 Å². The Labute approximate surface area is 127 Å². The Kier molecular flexibility index (Phi) is 7.31. The topological polar surface area (TPSA) is 32.3 Å². The molecular formula is C17H22ClNO. The van der Waals surface area contributed by atoms with E-state index in [2.05, 4.69) is 29.6 Å². The molecule has 20 heavy (non-hydrogen) atoms. The van der Waals surface area contributed by atoms with Gasteiger partial charge in [0.15, 0.2) is 0 Å². The first kappa shape index (κ1) is 16.7. The summed E-state index contributed by atoms with van der Waals surface area (Å²) in [6.07, 6.45) is 0.518. The number of halogens is 1. The van der Waals surface area contributed by atoms with Gasteiger partial charge in [-0.15, -0.1) is 12.4 Å². The quantitative estimate of drug-likeness (QED) is 0.855. The van der Waals surface area contributed by atoms with Gasteiger partial charge in [-0.3, -0.25) is 0 Å². The number of benzene rings is 2. The Morgan fingerprint density at radius 2 is 1.50 bits per heavy atom. The van der Waals surface area contributed by atoms with E-state index in [1.807, 2.05) is 43.3 Å². The minimum atomic E-state index is -0.461. The van der Waals surface area contributed by atoms with Gasteiger partial charge in [0, 0.05) is 6.04 Å². The number of nitrogens with one attached hydrogen (secondary N) is 1. The molecule has 0 fully saturated rings. The summed E-state index contributed by atoms with van der Waals surface area (Å²) in [5.74, 6) is 0. The second kappa shape index (κ2) is 8.75. The van der Waals surface area contributed by atoms with Crippen molar-refractivity contribution in [1.82, 2.24) is 5.32 Å². The van der Waals surface area contributed by atoms with E-state index in [1.165, 1.54) is 5.56 Å². The predicted octanol–water partition coefficient (Wildman–Crippen LogP) is 3.36. The normalized spacial score (nSPS) is 13.3. The fourth-order valence-corrected chi connectivity index (χ4v) is 2.14. The molecule has 3 heteroatoms. The molecule has 2 rings (SSSR count). The first-order valence-electron chi connectivity index (χ1n) is 6.77. The molecule has 0 heterocycles. The summed E-state index contributed by atoms with van der Waals surface area (Å²) in [6, 6.07) is 20.2. The molecule has 0 aliphatic rings. The highest BCUT2D eigenvalue weighted by Crippen LogP contribution is 2.15. The Morgan fingerprint density at radius 3 is 2.10 bits per heavy atom. The standard InChI is InChI=1S/C17H21NO.ClH/c1-14(17(19)16-10-6-3-7-11-16)18-13-12-15-8-4-2-5-9-15;/h2-11,14,17-19H,12-13H2,1H3;1H/t14-,17-;/m0./s1. The van der Waals surface area contributed by atoms with Crippen molar-refractivity contribution in [3.63, 3.8) is 0 Å². The van der Waals surface area contributed by atoms with Crippen LogP contribution in [0.5, 0.6) is 0 Å². The fraction of sp³-hybridized carbons (Fsp3) is 0.294. The molecule has 0 aliphatic heterocycles. The molecule has 0 amide bonds. The molecule has 0 radical (unpaired) electrons. The monoisotopic (exact) mass is 291 g/mol. The molecule has 2 aromatic rings. The largest absolute Gasteiger partial charge is 0.387 e. The van der Waals surface area contributed by atoms with E-state index in [0.29, 0.717) is 0 Å². The van der Waals surface area contributed by atoms with Crippen molar-refractivity contribution in [3.05, 3.63) is 71.8 Å². The molecule has 108 valence electrons. The molecule has 0 aliphatic carbocycles. The third kappa shape index (κ3) is 4.97. The van der Waals surface area contributed by atoms with Crippen molar-refractivity contribution < 1.29 is 5.11 Å². The summed E-state index contributed by atoms with van der Waals surface area (Å²) in [5, 5.41) is 13.6. The molecular weight excluding hydrogens is 270 g/mol. The smallest absolute Gasteiger partial charge is 0.0940 e. The van der Waals surface area contributed by atoms with Gasteiger partial charge >= 0.3 is 0 Å². The Morgan fingerprint density at radius 1 is 0.950 bits per heavy atom. The highest BCUT2D eigenvalue weighted by atomic mass is 35.5. The zero-order chi connectivity index (χ0) is 13.5. The zero-order valence-electron chi connectivity index (χ0n) is 11.7. The molecule has 0 saturated carbocycles. The Balaban J connectivity index is 0.00000200. The van der Waals surface area contributed by atoms with Crippen LogP contribution >= 0.6 is 12.4 Å². The van der Waals surface area contributed by atoms with E-state index >= 15 is 0 Å². The van der Waals surface area contributed by atoms with Crippen LogP contribution in [0.15, 0.2) is 60.7 Å². The third-order valence-corrected chi connectivity index (χ3v) is 3.34. The first-order valence-corrected chi connectivity index (χ1v) is 6.77. The molecule has 2 nitrogen and oxygen atoms in total. The third-order valence-electron chi connectivity index (χ3n) is 3.34. The van der Waals surface area contributed by atoms with Crippen LogP contribution in [0.1, 0.15) is 24.2 Å². The maximum atomic E-state index is 10.2. The predicted molar refractivity (Wildman–Crippen MR) is 86.3 cm³/mol. The van der Waals surface area contributed by atoms with E-state index in [0.717, 1.165) is 18.5 Å². The van der Waals surface area contributed by atoms with Crippen LogP contribution in [-0.4, -0.2) is 17.7 Å². The van der Waals surface area contributed by atoms with Crippen LogP contribution < -0.4 is 5.32 Å². The lowest BCUT2D eigenvalue weighted by molar-refractivity contribution is 0.136. The second-order valence-corrected chi connectivity index (χ2v) is 4.83. The summed E-state index contributed by atoms with van der Waals surface area (Å²) in [7, 11) is 0. The van der Waals surface area contributed by atoms with Crippen molar-refractivity contribution in [2.45, 2.75) is 25.5 Å². The number of rotatable bonds is 6. The van der Waals surface area contributed by atoms with Crippen molar-refractivity contribution in [2.75, 3.05) is 6.54 Å². The Hall–Kier alpha value is -1.35. The van der Waals surface area contributed by atoms with Gasteiger partial charge in [-0.05, 0) is 31.0 Å². The zero-order valence-corrected chi connectivity index (χ0v) is 12.5. The van der Waals surface area contributed by atoms with Gasteiger partial charge in [0.05, 0.1) is 6.10 Å². The highest BCUT2D eigenvalue weighted by molar-refractivity contribution is 5.85. The van der Waals surface area contributed by atoms with Crippen LogP contribution in [0.3, 0.4) is 0 Å². The van der Waals surface area contributed by atoms with Gasteiger partial charge in [0.2, 0.25) is 0 Å². The summed E-state index contributed by atoms with van der Waals surface area (Å²) >= 11 is 0. The number of hydrogen-bond donors (Lipinski definition) is 2. The van der Waals surface area contributed by atoms with Crippen molar-refractivity contribution in [2.24, 2.45) is 0 Å². The molecule has 2 atom stereocenters. The van der Waals surface area contributed by atoms with Crippen LogP contribution in [0.4, 0.5) is 0 Å². The molecule has 0 bridgehead atoms. The van der Waals surface area contributed by atoms with Crippen LogP contribution in [0.25, 0.3) is 0 Å². The van der Waals surface area contributed by atoms with E-state index < -0.39 is 6.10 Å². The molecule has 0 aromatic heterocycles. The molecule has 2 N–H and O–H groups in total. The fourth-order valence-electron chi connectivity index (χ4n) is 2.14. The summed E-state index contributed by atoms with van der Waals surface area (Å²) in [5.41, 5.74) is 2.28. The minimum Gasteiger partial charge on any atom is -0.387 e. The summed E-state index contributed by atoms with van der Waals surface area (Å²) in [6.45, 7) is 2.89. The number of hydrogen-bond acceptors (Lipinski definition) is 2. The van der Waals surface area contributed by atoms with Crippen molar-refractivity contribution in [1.29, 1.82) is 0 Å².